The molecule has 1 aromatic carbocycles. The van der Waals surface area contributed by atoms with E-state index >= 15 is 0 Å². The molecule has 0 aliphatic rings. The van der Waals surface area contributed by atoms with Crippen LogP contribution in [-0.4, -0.2) is 4.98 Å². The van der Waals surface area contributed by atoms with Crippen molar-refractivity contribution in [3.63, 3.8) is 0 Å². The van der Waals surface area contributed by atoms with E-state index in [1.165, 1.54) is 16.8 Å². The first-order valence-electron chi connectivity index (χ1n) is 9.69. The Morgan fingerprint density at radius 3 is 2.37 bits per heavy atom. The second kappa shape index (κ2) is 6.49. The molecule has 0 aliphatic carbocycles. The zero-order valence-corrected chi connectivity index (χ0v) is 17.0. The first kappa shape index (κ1) is 17.7. The number of benzene rings is 1. The fourth-order valence-electron chi connectivity index (χ4n) is 3.67. The monoisotopic (exact) mass is 359 g/mol. The highest BCUT2D eigenvalue weighted by Gasteiger charge is 2.22. The number of aryl methyl sites for hydroxylation is 2. The molecule has 0 saturated carbocycles. The molecule has 3 nitrogen and oxygen atoms in total. The highest BCUT2D eigenvalue weighted by molar-refractivity contribution is 6.08. The van der Waals surface area contributed by atoms with Gasteiger partial charge >= 0.3 is 0 Å². The van der Waals surface area contributed by atoms with E-state index in [2.05, 4.69) is 88.8 Å². The van der Waals surface area contributed by atoms with Crippen LogP contribution >= 0.6 is 0 Å². The molecule has 3 heteroatoms. The van der Waals surface area contributed by atoms with E-state index in [-0.39, 0.29) is 0 Å². The highest BCUT2D eigenvalue weighted by atomic mass is 16.3. The van der Waals surface area contributed by atoms with E-state index in [0.717, 1.165) is 33.3 Å². The van der Waals surface area contributed by atoms with Gasteiger partial charge < -0.3 is 4.42 Å². The van der Waals surface area contributed by atoms with Crippen LogP contribution in [0.3, 0.4) is 0 Å². The van der Waals surface area contributed by atoms with Gasteiger partial charge in [0.1, 0.15) is 7.05 Å². The Morgan fingerprint density at radius 1 is 0.926 bits per heavy atom. The van der Waals surface area contributed by atoms with Crippen LogP contribution < -0.4 is 4.57 Å². The molecule has 0 radical (unpaired) electrons. The van der Waals surface area contributed by atoms with E-state index in [0.29, 0.717) is 11.8 Å². The molecule has 0 saturated heterocycles. The van der Waals surface area contributed by atoms with Gasteiger partial charge in [-0.05, 0) is 42.0 Å². The minimum Gasteiger partial charge on any atom is -0.437 e. The first-order chi connectivity index (χ1) is 12.9. The fraction of sp³-hybridized carbons (Fsp3) is 0.333. The molecule has 3 heterocycles. The van der Waals surface area contributed by atoms with Crippen molar-refractivity contribution in [3.8, 4) is 11.3 Å². The van der Waals surface area contributed by atoms with Gasteiger partial charge in [-0.25, -0.2) is 9.55 Å². The largest absolute Gasteiger partial charge is 0.437 e. The van der Waals surface area contributed by atoms with Crippen molar-refractivity contribution in [1.29, 1.82) is 0 Å². The molecule has 3 aromatic heterocycles. The second-order valence-corrected chi connectivity index (χ2v) is 8.09. The van der Waals surface area contributed by atoms with Crippen LogP contribution in [0.4, 0.5) is 0 Å². The fourth-order valence-corrected chi connectivity index (χ4v) is 3.67. The molecular weight excluding hydrogens is 332 g/mol. The van der Waals surface area contributed by atoms with Gasteiger partial charge in [-0.1, -0.05) is 39.8 Å². The summed E-state index contributed by atoms with van der Waals surface area (Å²) in [5, 5.41) is 2.21. The summed E-state index contributed by atoms with van der Waals surface area (Å²) in [6.45, 7) is 10.9. The maximum Gasteiger partial charge on any atom is 0.227 e. The Kier molecular flexibility index (Phi) is 4.26. The average Bonchev–Trinajstić information content (AvgIpc) is 2.99. The number of nitrogens with zero attached hydrogens (tertiary/aromatic N) is 2. The molecule has 27 heavy (non-hydrogen) atoms. The van der Waals surface area contributed by atoms with E-state index in [1.807, 2.05) is 0 Å². The summed E-state index contributed by atoms with van der Waals surface area (Å²) in [6, 6.07) is 13.1. The zero-order valence-electron chi connectivity index (χ0n) is 17.0. The molecule has 0 aliphatic heterocycles. The Morgan fingerprint density at radius 2 is 1.67 bits per heavy atom. The van der Waals surface area contributed by atoms with E-state index in [1.54, 1.807) is 0 Å². The quantitative estimate of drug-likeness (QED) is 0.418. The van der Waals surface area contributed by atoms with Crippen molar-refractivity contribution in [2.75, 3.05) is 0 Å². The van der Waals surface area contributed by atoms with Gasteiger partial charge in [0.2, 0.25) is 11.4 Å². The number of hydrogen-bond donors (Lipinski definition) is 0. The summed E-state index contributed by atoms with van der Waals surface area (Å²) in [6.07, 6.45) is 2.14. The van der Waals surface area contributed by atoms with Gasteiger partial charge in [0.25, 0.3) is 0 Å². The number of pyridine rings is 2. The Bertz CT molecular complexity index is 1150. The van der Waals surface area contributed by atoms with Gasteiger partial charge in [0.05, 0.1) is 5.56 Å². The predicted octanol–water partition coefficient (Wildman–Crippen LogP) is 6.03. The van der Waals surface area contributed by atoms with Crippen molar-refractivity contribution in [2.24, 2.45) is 7.05 Å². The van der Waals surface area contributed by atoms with E-state index in [4.69, 9.17) is 9.40 Å². The SMILES string of the molecule is Cc1ccc2c(oc3nc(C(C)C)ccc32)c1-c1cc(C(C)C)cc[n+]1C. The van der Waals surface area contributed by atoms with Crippen LogP contribution in [0, 0.1) is 6.92 Å². The Labute approximate surface area is 160 Å². The lowest BCUT2D eigenvalue weighted by molar-refractivity contribution is -0.660. The molecule has 0 atom stereocenters. The van der Waals surface area contributed by atoms with Crippen molar-refractivity contribution >= 4 is 22.1 Å². The van der Waals surface area contributed by atoms with Crippen molar-refractivity contribution in [1.82, 2.24) is 4.98 Å². The average molecular weight is 359 g/mol. The lowest BCUT2D eigenvalue weighted by Gasteiger charge is -2.09. The molecule has 0 N–H and O–H groups in total. The lowest BCUT2D eigenvalue weighted by Crippen LogP contribution is -2.31. The summed E-state index contributed by atoms with van der Waals surface area (Å²) < 4.78 is 8.51. The predicted molar refractivity (Wildman–Crippen MR) is 111 cm³/mol. The Balaban J connectivity index is 2.05. The number of aromatic nitrogens is 2. The van der Waals surface area contributed by atoms with Crippen LogP contribution in [0.25, 0.3) is 33.3 Å². The summed E-state index contributed by atoms with van der Waals surface area (Å²) in [7, 11) is 2.09. The van der Waals surface area contributed by atoms with Crippen molar-refractivity contribution in [3.05, 3.63) is 59.4 Å². The van der Waals surface area contributed by atoms with Crippen molar-refractivity contribution < 1.29 is 8.98 Å². The summed E-state index contributed by atoms with van der Waals surface area (Å²) >= 11 is 0. The normalized spacial score (nSPS) is 12.0. The molecule has 0 fully saturated rings. The highest BCUT2D eigenvalue weighted by Crippen LogP contribution is 2.37. The maximum atomic E-state index is 6.34. The van der Waals surface area contributed by atoms with Gasteiger partial charge in [0.15, 0.2) is 11.8 Å². The van der Waals surface area contributed by atoms with Crippen LogP contribution in [0.1, 0.15) is 56.4 Å². The first-order valence-corrected chi connectivity index (χ1v) is 9.69. The zero-order chi connectivity index (χ0) is 19.3. The molecule has 4 rings (SSSR count). The number of rotatable bonds is 3. The van der Waals surface area contributed by atoms with Gasteiger partial charge in [-0.3, -0.25) is 0 Å². The van der Waals surface area contributed by atoms with Crippen LogP contribution in [-0.2, 0) is 7.05 Å². The van der Waals surface area contributed by atoms with E-state index in [9.17, 15) is 0 Å². The number of fused-ring (bicyclic) bond motifs is 3. The second-order valence-electron chi connectivity index (χ2n) is 8.09. The summed E-state index contributed by atoms with van der Waals surface area (Å²) in [4.78, 5) is 4.77. The number of furan rings is 1. The van der Waals surface area contributed by atoms with Gasteiger partial charge in [-0.15, -0.1) is 0 Å². The minimum absolute atomic E-state index is 0.379. The minimum atomic E-state index is 0.379. The third-order valence-electron chi connectivity index (χ3n) is 5.43. The molecule has 0 spiro atoms. The molecule has 4 aromatic rings. The topological polar surface area (TPSA) is 29.9 Å². The maximum absolute atomic E-state index is 6.34. The Hall–Kier alpha value is -2.68. The van der Waals surface area contributed by atoms with E-state index < -0.39 is 0 Å². The smallest absolute Gasteiger partial charge is 0.227 e. The van der Waals surface area contributed by atoms with Gasteiger partial charge in [-0.2, -0.15) is 0 Å². The van der Waals surface area contributed by atoms with Crippen LogP contribution in [0.5, 0.6) is 0 Å². The van der Waals surface area contributed by atoms with Crippen LogP contribution in [0.15, 0.2) is 47.0 Å². The molecule has 0 unspecified atom stereocenters. The third-order valence-corrected chi connectivity index (χ3v) is 5.43. The third kappa shape index (κ3) is 2.91. The molecular formula is C24H27N2O+. The van der Waals surface area contributed by atoms with Crippen LogP contribution in [0.2, 0.25) is 0 Å². The van der Waals surface area contributed by atoms with Gasteiger partial charge in [0, 0.05) is 28.6 Å². The molecule has 0 amide bonds. The standard InChI is InChI=1S/C24H27N2O/c1-14(2)17-11-12-26(6)21(13-17)22-16(5)7-8-18-19-9-10-20(15(3)4)25-24(19)27-23(18)22/h7-15H,1-6H3/q+1. The lowest BCUT2D eigenvalue weighted by atomic mass is 9.97. The van der Waals surface area contributed by atoms with Crippen molar-refractivity contribution in [2.45, 2.75) is 46.5 Å². The summed E-state index contributed by atoms with van der Waals surface area (Å²) in [5.74, 6) is 0.861. The number of hydrogen-bond acceptors (Lipinski definition) is 2. The summed E-state index contributed by atoms with van der Waals surface area (Å²) in [5.41, 5.74) is 7.58. The molecule has 138 valence electrons. The molecule has 0 bridgehead atoms.